The molecule has 0 aliphatic heterocycles. The van der Waals surface area contributed by atoms with Gasteiger partial charge < -0.3 is 10.4 Å². The van der Waals surface area contributed by atoms with Crippen LogP contribution in [0.15, 0.2) is 6.20 Å². The van der Waals surface area contributed by atoms with Crippen molar-refractivity contribution >= 4 is 17.4 Å². The van der Waals surface area contributed by atoms with Gasteiger partial charge in [-0.25, -0.2) is 9.97 Å². The molecule has 4 nitrogen and oxygen atoms in total. The monoisotopic (exact) mass is 259 g/mol. The summed E-state index contributed by atoms with van der Waals surface area (Å²) in [4.78, 5) is 7.94. The first-order chi connectivity index (χ1) is 8.04. The predicted octanol–water partition coefficient (Wildman–Crippen LogP) is 2.89. The van der Waals surface area contributed by atoms with Crippen LogP contribution in [0.3, 0.4) is 0 Å². The summed E-state index contributed by atoms with van der Waals surface area (Å²) in [6.45, 7) is 10.0. The zero-order chi connectivity index (χ0) is 13.4. The van der Waals surface area contributed by atoms with Crippen LogP contribution in [-0.2, 0) is 0 Å². The van der Waals surface area contributed by atoms with Gasteiger partial charge in [-0.15, -0.1) is 0 Å². The van der Waals surface area contributed by atoms with Crippen LogP contribution in [0, 0.1) is 12.8 Å². The SMILES string of the molecule is CC.Cc1cnc(Cl)nc1NC(CO)C(C)C. The van der Waals surface area contributed by atoms with Crippen LogP contribution in [-0.4, -0.2) is 27.7 Å². The van der Waals surface area contributed by atoms with Gasteiger partial charge >= 0.3 is 0 Å². The molecule has 0 radical (unpaired) electrons. The molecular weight excluding hydrogens is 238 g/mol. The molecule has 1 atom stereocenters. The smallest absolute Gasteiger partial charge is 0.224 e. The Morgan fingerprint density at radius 2 is 2.00 bits per heavy atom. The normalized spacial score (nSPS) is 11.8. The number of halogens is 1. The Morgan fingerprint density at radius 3 is 2.47 bits per heavy atom. The lowest BCUT2D eigenvalue weighted by molar-refractivity contribution is 0.249. The van der Waals surface area contributed by atoms with Crippen LogP contribution < -0.4 is 5.32 Å². The lowest BCUT2D eigenvalue weighted by atomic mass is 10.1. The van der Waals surface area contributed by atoms with E-state index in [0.717, 1.165) is 5.56 Å². The average molecular weight is 260 g/mol. The summed E-state index contributed by atoms with van der Waals surface area (Å²) in [5.74, 6) is 1.01. The van der Waals surface area contributed by atoms with Gasteiger partial charge in [0.25, 0.3) is 0 Å². The van der Waals surface area contributed by atoms with Crippen LogP contribution in [0.25, 0.3) is 0 Å². The number of aromatic nitrogens is 2. The highest BCUT2D eigenvalue weighted by molar-refractivity contribution is 6.28. The molecule has 98 valence electrons. The van der Waals surface area contributed by atoms with Gasteiger partial charge in [0.05, 0.1) is 12.6 Å². The van der Waals surface area contributed by atoms with Crippen molar-refractivity contribution < 1.29 is 5.11 Å². The van der Waals surface area contributed by atoms with E-state index in [1.54, 1.807) is 6.20 Å². The molecule has 1 aromatic rings. The predicted molar refractivity (Wildman–Crippen MR) is 72.5 cm³/mol. The van der Waals surface area contributed by atoms with Gasteiger partial charge in [-0.1, -0.05) is 27.7 Å². The minimum absolute atomic E-state index is 0.0188. The summed E-state index contributed by atoms with van der Waals surface area (Å²) in [5, 5.41) is 12.5. The molecule has 0 amide bonds. The van der Waals surface area contributed by atoms with Gasteiger partial charge in [-0.3, -0.25) is 0 Å². The Balaban J connectivity index is 0.00000121. The number of nitrogens with one attached hydrogen (secondary N) is 1. The van der Waals surface area contributed by atoms with E-state index in [9.17, 15) is 5.11 Å². The maximum atomic E-state index is 9.18. The minimum atomic E-state index is -0.0188. The fourth-order valence-electron chi connectivity index (χ4n) is 1.17. The van der Waals surface area contributed by atoms with Crippen LogP contribution in [0.2, 0.25) is 5.28 Å². The molecule has 1 rings (SSSR count). The maximum Gasteiger partial charge on any atom is 0.224 e. The summed E-state index contributed by atoms with van der Waals surface area (Å²) < 4.78 is 0. The van der Waals surface area contributed by atoms with Crippen LogP contribution >= 0.6 is 11.6 Å². The largest absolute Gasteiger partial charge is 0.394 e. The molecule has 1 unspecified atom stereocenters. The Labute approximate surface area is 108 Å². The van der Waals surface area contributed by atoms with Crippen molar-refractivity contribution in [3.63, 3.8) is 0 Å². The molecule has 17 heavy (non-hydrogen) atoms. The molecule has 0 fully saturated rings. The van der Waals surface area contributed by atoms with E-state index in [1.807, 2.05) is 34.6 Å². The third kappa shape index (κ3) is 5.33. The van der Waals surface area contributed by atoms with Crippen molar-refractivity contribution in [2.45, 2.75) is 40.7 Å². The van der Waals surface area contributed by atoms with E-state index >= 15 is 0 Å². The highest BCUT2D eigenvalue weighted by Gasteiger charge is 2.13. The van der Waals surface area contributed by atoms with E-state index in [0.29, 0.717) is 11.7 Å². The van der Waals surface area contributed by atoms with E-state index in [4.69, 9.17) is 11.6 Å². The van der Waals surface area contributed by atoms with Crippen molar-refractivity contribution in [1.29, 1.82) is 0 Å². The summed E-state index contributed by atoms with van der Waals surface area (Å²) in [7, 11) is 0. The highest BCUT2D eigenvalue weighted by atomic mass is 35.5. The van der Waals surface area contributed by atoms with E-state index in [-0.39, 0.29) is 17.9 Å². The van der Waals surface area contributed by atoms with Crippen molar-refractivity contribution in [2.24, 2.45) is 5.92 Å². The van der Waals surface area contributed by atoms with Crippen LogP contribution in [0.5, 0.6) is 0 Å². The summed E-state index contributed by atoms with van der Waals surface area (Å²) in [5.41, 5.74) is 0.915. The zero-order valence-corrected chi connectivity index (χ0v) is 11.9. The van der Waals surface area contributed by atoms with Gasteiger partial charge in [0.2, 0.25) is 5.28 Å². The van der Waals surface area contributed by atoms with Crippen LogP contribution in [0.4, 0.5) is 5.82 Å². The Hall–Kier alpha value is -0.870. The number of aliphatic hydroxyl groups is 1. The van der Waals surface area contributed by atoms with Crippen LogP contribution in [0.1, 0.15) is 33.3 Å². The standard InChI is InChI=1S/C10H16ClN3O.C2H6/c1-6(2)8(5-15)13-9-7(3)4-12-10(11)14-9;1-2/h4,6,8,15H,5H2,1-3H3,(H,12,13,14);1-2H3. The molecule has 1 aromatic heterocycles. The summed E-state index contributed by atoms with van der Waals surface area (Å²) in [6.07, 6.45) is 1.66. The Morgan fingerprint density at radius 1 is 1.41 bits per heavy atom. The van der Waals surface area contributed by atoms with Gasteiger partial charge in [-0.05, 0) is 24.4 Å². The van der Waals surface area contributed by atoms with Gasteiger partial charge in [0.15, 0.2) is 0 Å². The van der Waals surface area contributed by atoms with Crippen molar-refractivity contribution in [3.8, 4) is 0 Å². The maximum absolute atomic E-state index is 9.18. The second-order valence-corrected chi connectivity index (χ2v) is 4.19. The van der Waals surface area contributed by atoms with Crippen molar-refractivity contribution in [3.05, 3.63) is 17.0 Å². The number of aryl methyl sites for hydroxylation is 1. The molecule has 0 saturated carbocycles. The second-order valence-electron chi connectivity index (χ2n) is 3.85. The molecule has 0 spiro atoms. The fourth-order valence-corrected chi connectivity index (χ4v) is 1.30. The average Bonchev–Trinajstić information content (AvgIpc) is 2.32. The molecule has 0 aromatic carbocycles. The van der Waals surface area contributed by atoms with E-state index < -0.39 is 0 Å². The number of nitrogens with zero attached hydrogens (tertiary/aromatic N) is 2. The van der Waals surface area contributed by atoms with Crippen molar-refractivity contribution in [1.82, 2.24) is 9.97 Å². The number of hydrogen-bond donors (Lipinski definition) is 2. The highest BCUT2D eigenvalue weighted by Crippen LogP contribution is 2.16. The lowest BCUT2D eigenvalue weighted by Crippen LogP contribution is -2.30. The van der Waals surface area contributed by atoms with E-state index in [2.05, 4.69) is 15.3 Å². The first-order valence-electron chi connectivity index (χ1n) is 5.91. The van der Waals surface area contributed by atoms with E-state index in [1.165, 1.54) is 0 Å². The van der Waals surface area contributed by atoms with Gasteiger partial charge in [0.1, 0.15) is 5.82 Å². The number of anilines is 1. The third-order valence-electron chi connectivity index (χ3n) is 2.27. The first-order valence-corrected chi connectivity index (χ1v) is 6.29. The summed E-state index contributed by atoms with van der Waals surface area (Å²) in [6, 6.07) is -0.0188. The second kappa shape index (κ2) is 8.25. The number of aliphatic hydroxyl groups excluding tert-OH is 1. The molecule has 0 aliphatic carbocycles. The summed E-state index contributed by atoms with van der Waals surface area (Å²) >= 11 is 5.70. The molecule has 0 bridgehead atoms. The third-order valence-corrected chi connectivity index (χ3v) is 2.45. The molecule has 0 aliphatic rings. The fraction of sp³-hybridized carbons (Fsp3) is 0.667. The van der Waals surface area contributed by atoms with Gasteiger partial charge in [-0.2, -0.15) is 0 Å². The molecule has 0 saturated heterocycles. The topological polar surface area (TPSA) is 58.0 Å². The molecule has 2 N–H and O–H groups in total. The molecule has 1 heterocycles. The Bertz CT molecular complexity index is 332. The zero-order valence-electron chi connectivity index (χ0n) is 11.2. The van der Waals surface area contributed by atoms with Crippen molar-refractivity contribution in [2.75, 3.05) is 11.9 Å². The lowest BCUT2D eigenvalue weighted by Gasteiger charge is -2.21. The van der Waals surface area contributed by atoms with Gasteiger partial charge in [0, 0.05) is 11.8 Å². The minimum Gasteiger partial charge on any atom is -0.394 e. The number of hydrogen-bond acceptors (Lipinski definition) is 4. The first kappa shape index (κ1) is 16.1. The number of rotatable bonds is 4. The quantitative estimate of drug-likeness (QED) is 0.817. The molecular formula is C12H22ClN3O. The molecule has 5 heteroatoms. The Kier molecular flexibility index (Phi) is 7.83.